The number of nitrogen functional groups attached to an aromatic ring is 1. The molecule has 0 saturated carbocycles. The number of ether oxygens (including phenoxy) is 1. The number of anilines is 1. The fraction of sp³-hybridized carbons (Fsp3) is 0. The maximum absolute atomic E-state index is 11.9. The molecule has 6 nitrogen and oxygen atoms in total. The van der Waals surface area contributed by atoms with E-state index < -0.39 is 5.97 Å². The molecule has 0 amide bonds. The Labute approximate surface area is 114 Å². The number of aromatic nitrogens is 3. The molecule has 20 heavy (non-hydrogen) atoms. The van der Waals surface area contributed by atoms with Gasteiger partial charge < -0.3 is 10.5 Å². The third-order valence-corrected chi connectivity index (χ3v) is 2.69. The quantitative estimate of drug-likeness (QED) is 0.432. The van der Waals surface area contributed by atoms with E-state index in [1.54, 1.807) is 24.4 Å². The number of hydrogen-bond donors (Lipinski definition) is 1. The maximum atomic E-state index is 11.9. The summed E-state index contributed by atoms with van der Waals surface area (Å²) in [5.41, 5.74) is 7.15. The zero-order valence-electron chi connectivity index (χ0n) is 10.4. The van der Waals surface area contributed by atoms with Crippen LogP contribution in [0.15, 0.2) is 49.1 Å². The van der Waals surface area contributed by atoms with Gasteiger partial charge in [-0.3, -0.25) is 9.97 Å². The molecule has 1 aromatic carbocycles. The lowest BCUT2D eigenvalue weighted by molar-refractivity contribution is 0.0728. The molecule has 0 aliphatic rings. The van der Waals surface area contributed by atoms with E-state index in [0.29, 0.717) is 17.0 Å². The predicted molar refractivity (Wildman–Crippen MR) is 73.1 cm³/mol. The molecule has 0 aliphatic carbocycles. The van der Waals surface area contributed by atoms with E-state index in [1.165, 1.54) is 18.6 Å². The van der Waals surface area contributed by atoms with Crippen LogP contribution < -0.4 is 10.5 Å². The standard InChI is InChI=1S/C14H10N4O2/c15-11-7-10(6-9-2-1-3-18-13(9)11)20-14(19)12-8-16-4-5-17-12/h1-8H,15H2. The number of fused-ring (bicyclic) bond motifs is 1. The van der Waals surface area contributed by atoms with Crippen molar-refractivity contribution < 1.29 is 9.53 Å². The van der Waals surface area contributed by atoms with Crippen LogP contribution in [0.3, 0.4) is 0 Å². The van der Waals surface area contributed by atoms with Crippen LogP contribution in [-0.4, -0.2) is 20.9 Å². The van der Waals surface area contributed by atoms with E-state index in [1.807, 2.05) is 6.07 Å². The monoisotopic (exact) mass is 266 g/mol. The van der Waals surface area contributed by atoms with E-state index in [2.05, 4.69) is 15.0 Å². The Hall–Kier alpha value is -3.02. The fourth-order valence-electron chi connectivity index (χ4n) is 1.81. The molecule has 2 heterocycles. The van der Waals surface area contributed by atoms with Crippen molar-refractivity contribution in [1.29, 1.82) is 0 Å². The second-order valence-electron chi connectivity index (χ2n) is 4.07. The lowest BCUT2D eigenvalue weighted by Crippen LogP contribution is -2.11. The highest BCUT2D eigenvalue weighted by Gasteiger charge is 2.11. The molecule has 98 valence electrons. The molecular weight excluding hydrogens is 256 g/mol. The highest BCUT2D eigenvalue weighted by atomic mass is 16.5. The predicted octanol–water partition coefficient (Wildman–Crippen LogP) is 1.83. The normalized spacial score (nSPS) is 10.4. The van der Waals surface area contributed by atoms with Gasteiger partial charge in [0.05, 0.1) is 17.4 Å². The van der Waals surface area contributed by atoms with Gasteiger partial charge in [-0.05, 0) is 12.1 Å². The SMILES string of the molecule is Nc1cc(OC(=O)c2cnccn2)cc2cccnc12. The Kier molecular flexibility index (Phi) is 2.96. The second kappa shape index (κ2) is 4.93. The molecule has 0 aliphatic heterocycles. The van der Waals surface area contributed by atoms with E-state index >= 15 is 0 Å². The molecular formula is C14H10N4O2. The van der Waals surface area contributed by atoms with Gasteiger partial charge in [-0.15, -0.1) is 0 Å². The highest BCUT2D eigenvalue weighted by molar-refractivity contribution is 5.93. The van der Waals surface area contributed by atoms with E-state index in [0.717, 1.165) is 5.39 Å². The maximum Gasteiger partial charge on any atom is 0.363 e. The van der Waals surface area contributed by atoms with Gasteiger partial charge in [-0.2, -0.15) is 0 Å². The molecule has 6 heteroatoms. The summed E-state index contributed by atoms with van der Waals surface area (Å²) >= 11 is 0. The summed E-state index contributed by atoms with van der Waals surface area (Å²) in [6, 6.07) is 6.89. The van der Waals surface area contributed by atoms with Gasteiger partial charge in [-0.25, -0.2) is 9.78 Å². The largest absolute Gasteiger partial charge is 0.422 e. The Morgan fingerprint density at radius 3 is 2.85 bits per heavy atom. The van der Waals surface area contributed by atoms with Gasteiger partial charge >= 0.3 is 5.97 Å². The molecule has 3 aromatic rings. The van der Waals surface area contributed by atoms with Crippen molar-refractivity contribution in [2.45, 2.75) is 0 Å². The lowest BCUT2D eigenvalue weighted by Gasteiger charge is -2.06. The van der Waals surface area contributed by atoms with E-state index in [9.17, 15) is 4.79 Å². The molecule has 2 N–H and O–H groups in total. The number of rotatable bonds is 2. The van der Waals surface area contributed by atoms with Crippen LogP contribution in [0.5, 0.6) is 5.75 Å². The van der Waals surface area contributed by atoms with Crippen molar-refractivity contribution in [2.75, 3.05) is 5.73 Å². The zero-order chi connectivity index (χ0) is 13.9. The Bertz CT molecular complexity index is 774. The van der Waals surface area contributed by atoms with Gasteiger partial charge in [0.1, 0.15) is 5.75 Å². The minimum Gasteiger partial charge on any atom is -0.422 e. The average molecular weight is 266 g/mol. The summed E-state index contributed by atoms with van der Waals surface area (Å²) in [5, 5.41) is 0.800. The van der Waals surface area contributed by atoms with Gasteiger partial charge in [-0.1, -0.05) is 6.07 Å². The summed E-state index contributed by atoms with van der Waals surface area (Å²) in [6.45, 7) is 0. The first-order valence-corrected chi connectivity index (χ1v) is 5.86. The van der Waals surface area contributed by atoms with Gasteiger partial charge in [0.15, 0.2) is 5.69 Å². The van der Waals surface area contributed by atoms with Crippen molar-refractivity contribution >= 4 is 22.6 Å². The number of nitrogens with zero attached hydrogens (tertiary/aromatic N) is 3. The molecule has 0 fully saturated rings. The minimum atomic E-state index is -0.583. The van der Waals surface area contributed by atoms with Crippen LogP contribution in [0.2, 0.25) is 0 Å². The average Bonchev–Trinajstić information content (AvgIpc) is 2.48. The van der Waals surface area contributed by atoms with Crippen LogP contribution in [0.1, 0.15) is 10.5 Å². The molecule has 0 radical (unpaired) electrons. The van der Waals surface area contributed by atoms with Crippen molar-refractivity contribution in [3.8, 4) is 5.75 Å². The van der Waals surface area contributed by atoms with Crippen LogP contribution in [0.4, 0.5) is 5.69 Å². The van der Waals surface area contributed by atoms with Crippen LogP contribution in [-0.2, 0) is 0 Å². The molecule has 0 unspecified atom stereocenters. The highest BCUT2D eigenvalue weighted by Crippen LogP contribution is 2.25. The molecule has 3 rings (SSSR count). The first kappa shape index (κ1) is 12.0. The number of hydrogen-bond acceptors (Lipinski definition) is 6. The number of esters is 1. The number of nitrogens with two attached hydrogens (primary N) is 1. The summed E-state index contributed by atoms with van der Waals surface area (Å²) in [5.74, 6) is -0.237. The first-order valence-electron chi connectivity index (χ1n) is 5.86. The third-order valence-electron chi connectivity index (χ3n) is 2.69. The summed E-state index contributed by atoms with van der Waals surface area (Å²) < 4.78 is 5.24. The summed E-state index contributed by atoms with van der Waals surface area (Å²) in [7, 11) is 0. The first-order chi connectivity index (χ1) is 9.74. The summed E-state index contributed by atoms with van der Waals surface area (Å²) in [4.78, 5) is 23.7. The smallest absolute Gasteiger partial charge is 0.363 e. The third kappa shape index (κ3) is 2.26. The molecule has 0 bridgehead atoms. The second-order valence-corrected chi connectivity index (χ2v) is 4.07. The van der Waals surface area contributed by atoms with Gasteiger partial charge in [0, 0.05) is 30.0 Å². The van der Waals surface area contributed by atoms with Crippen LogP contribution >= 0.6 is 0 Å². The van der Waals surface area contributed by atoms with E-state index in [-0.39, 0.29) is 5.69 Å². The van der Waals surface area contributed by atoms with Crippen molar-refractivity contribution in [1.82, 2.24) is 15.0 Å². The van der Waals surface area contributed by atoms with Crippen LogP contribution in [0, 0.1) is 0 Å². The molecule has 2 aromatic heterocycles. The van der Waals surface area contributed by atoms with E-state index in [4.69, 9.17) is 10.5 Å². The number of carbonyl (C=O) groups is 1. The van der Waals surface area contributed by atoms with Gasteiger partial charge in [0.2, 0.25) is 0 Å². The Morgan fingerprint density at radius 2 is 2.05 bits per heavy atom. The number of pyridine rings is 1. The van der Waals surface area contributed by atoms with Gasteiger partial charge in [0.25, 0.3) is 0 Å². The fourth-order valence-corrected chi connectivity index (χ4v) is 1.81. The Morgan fingerprint density at radius 1 is 1.15 bits per heavy atom. The minimum absolute atomic E-state index is 0.136. The molecule has 0 atom stereocenters. The number of benzene rings is 1. The Balaban J connectivity index is 1.94. The molecule has 0 saturated heterocycles. The summed E-state index contributed by atoms with van der Waals surface area (Å²) in [6.07, 6.45) is 5.91. The zero-order valence-corrected chi connectivity index (χ0v) is 10.4. The van der Waals surface area contributed by atoms with Crippen molar-refractivity contribution in [3.05, 3.63) is 54.7 Å². The topological polar surface area (TPSA) is 91.0 Å². The van der Waals surface area contributed by atoms with Crippen molar-refractivity contribution in [3.63, 3.8) is 0 Å². The molecule has 0 spiro atoms. The van der Waals surface area contributed by atoms with Crippen molar-refractivity contribution in [2.24, 2.45) is 0 Å². The number of carbonyl (C=O) groups excluding carboxylic acids is 1. The lowest BCUT2D eigenvalue weighted by atomic mass is 10.2. The van der Waals surface area contributed by atoms with Crippen LogP contribution in [0.25, 0.3) is 10.9 Å².